The van der Waals surface area contributed by atoms with Gasteiger partial charge in [-0.3, -0.25) is 0 Å². The molecule has 0 spiro atoms. The molecule has 0 heterocycles. The van der Waals surface area contributed by atoms with E-state index < -0.39 is 65.5 Å². The molecular weight excluding hydrogens is 816 g/mol. The minimum absolute atomic E-state index is 0.788. The molecule has 0 nitrogen and oxygen atoms in total. The molecule has 0 aliphatic heterocycles. The van der Waals surface area contributed by atoms with Crippen LogP contribution in [0.15, 0.2) is 36.5 Å². The van der Waals surface area contributed by atoms with Crippen molar-refractivity contribution < 1.29 is 13.2 Å². The fourth-order valence-electron chi connectivity index (χ4n) is 4.39. The third kappa shape index (κ3) is 4.45. The summed E-state index contributed by atoms with van der Waals surface area (Å²) >= 11 is 94.3. The molecule has 0 N–H and O–H groups in total. The molecule has 3 rings (SSSR count). The highest BCUT2D eigenvalue weighted by atomic mass is 35.5. The molecule has 19 heteroatoms. The van der Waals surface area contributed by atoms with Crippen LogP contribution < -0.4 is 0 Å². The molecule has 0 fully saturated rings. The van der Waals surface area contributed by atoms with E-state index in [0.717, 1.165) is 36.5 Å². The van der Waals surface area contributed by atoms with E-state index >= 15 is 13.2 Å². The van der Waals surface area contributed by atoms with Crippen molar-refractivity contribution in [3.05, 3.63) is 36.5 Å². The third-order valence-corrected chi connectivity index (χ3v) is 16.1. The first-order chi connectivity index (χ1) is 16.2. The Balaban J connectivity index is 2.53. The average Bonchev–Trinajstić information content (AvgIpc) is 2.75. The summed E-state index contributed by atoms with van der Waals surface area (Å²) in [4.78, 5) is 0. The summed E-state index contributed by atoms with van der Waals surface area (Å²) in [6.07, 6.45) is 5.33. The van der Waals surface area contributed by atoms with Crippen molar-refractivity contribution in [3.63, 3.8) is 0 Å². The van der Waals surface area contributed by atoms with Gasteiger partial charge in [-0.15, -0.1) is 69.6 Å². The number of hydrogen-bond acceptors (Lipinski definition) is 0. The zero-order valence-electron chi connectivity index (χ0n) is 17.1. The smallest absolute Gasteiger partial charge is 0.221 e. The summed E-state index contributed by atoms with van der Waals surface area (Å²) in [6.45, 7) is -2.50. The second kappa shape index (κ2) is 10.2. The largest absolute Gasteiger partial charge is 0.246 e. The lowest BCUT2D eigenvalue weighted by atomic mass is 9.23. The van der Waals surface area contributed by atoms with E-state index in [4.69, 9.17) is 174 Å². The maximum Gasteiger partial charge on any atom is 0.246 e. The highest BCUT2D eigenvalue weighted by Crippen LogP contribution is 2.69. The fourth-order valence-corrected chi connectivity index (χ4v) is 9.62. The molecule has 0 aromatic carbocycles. The predicted octanol–water partition coefficient (Wildman–Crippen LogP) is 10.8. The van der Waals surface area contributed by atoms with Gasteiger partial charge in [-0.2, -0.15) is 0 Å². The molecule has 0 aromatic heterocycles. The van der Waals surface area contributed by atoms with Gasteiger partial charge in [0.05, 0.1) is 30.5 Å². The van der Waals surface area contributed by atoms with Crippen LogP contribution >= 0.6 is 174 Å². The van der Waals surface area contributed by atoms with E-state index in [9.17, 15) is 0 Å². The standard InChI is InChI=1S/C18H9BCl15F3/c20-7-1-4-10(23,16(32,35)13(7,26)27)19(11(24)5-2-8(21)14(28,29)17(11,33)36)12(25)6-3-9(22)15(30,31)18(12,34)37/h1-9H. The van der Waals surface area contributed by atoms with E-state index in [2.05, 4.69) is 0 Å². The van der Waals surface area contributed by atoms with Crippen molar-refractivity contribution in [1.29, 1.82) is 0 Å². The van der Waals surface area contributed by atoms with Gasteiger partial charge in [0, 0.05) is 0 Å². The Hall–Kier alpha value is 3.42. The van der Waals surface area contributed by atoms with E-state index in [-0.39, 0.29) is 0 Å². The average molecular weight is 825 g/mol. The van der Waals surface area contributed by atoms with Gasteiger partial charge >= 0.3 is 0 Å². The predicted molar refractivity (Wildman–Crippen MR) is 160 cm³/mol. The Bertz CT molecular complexity index is 917. The lowest BCUT2D eigenvalue weighted by molar-refractivity contribution is 0.191. The van der Waals surface area contributed by atoms with Crippen LogP contribution in [-0.4, -0.2) is 65.5 Å². The van der Waals surface area contributed by atoms with Crippen molar-refractivity contribution in [2.24, 2.45) is 0 Å². The SMILES string of the molecule is FC1(Cl)C(Cl)(B(C2(Cl)C=CC(Cl)C(Cl)(Cl)C2(F)Cl)C2(Cl)C=CC(Cl)C(Cl)(Cl)C2(F)Cl)C=CC(Cl)C1(Cl)Cl. The van der Waals surface area contributed by atoms with Crippen LogP contribution in [0.1, 0.15) is 0 Å². The second-order valence-electron chi connectivity index (χ2n) is 8.61. The quantitative estimate of drug-likeness (QED) is 0.151. The lowest BCUT2D eigenvalue weighted by Gasteiger charge is -2.61. The van der Waals surface area contributed by atoms with Gasteiger partial charge in [0.15, 0.2) is 13.0 Å². The summed E-state index contributed by atoms with van der Waals surface area (Å²) < 4.78 is 32.5. The second-order valence-corrected chi connectivity index (χ2v) is 17.6. The minimum Gasteiger partial charge on any atom is -0.221 e. The van der Waals surface area contributed by atoms with Crippen molar-refractivity contribution in [3.8, 4) is 0 Å². The Morgan fingerprint density at radius 1 is 0.432 bits per heavy atom. The summed E-state index contributed by atoms with van der Waals surface area (Å²) in [5.41, 5.74) is 0. The number of hydrogen-bond donors (Lipinski definition) is 0. The van der Waals surface area contributed by atoms with E-state index in [1.54, 1.807) is 0 Å². The van der Waals surface area contributed by atoms with E-state index in [1.807, 2.05) is 0 Å². The molecule has 3 aliphatic carbocycles. The summed E-state index contributed by atoms with van der Waals surface area (Å²) in [7, 11) is 0. The van der Waals surface area contributed by atoms with Crippen LogP contribution in [0.5, 0.6) is 0 Å². The molecule has 0 aromatic rings. The highest BCUT2D eigenvalue weighted by Gasteiger charge is 2.85. The summed E-state index contributed by atoms with van der Waals surface area (Å²) in [5, 5.41) is -15.4. The molecule has 37 heavy (non-hydrogen) atoms. The van der Waals surface area contributed by atoms with E-state index in [0.29, 0.717) is 0 Å². The Labute approximate surface area is 286 Å². The zero-order valence-corrected chi connectivity index (χ0v) is 28.4. The third-order valence-electron chi connectivity index (χ3n) is 6.52. The van der Waals surface area contributed by atoms with Gasteiger partial charge in [0.1, 0.15) is 0 Å². The van der Waals surface area contributed by atoms with Gasteiger partial charge in [0.25, 0.3) is 0 Å². The van der Waals surface area contributed by atoms with Crippen molar-refractivity contribution in [1.82, 2.24) is 0 Å². The topological polar surface area (TPSA) is 0 Å². The summed E-state index contributed by atoms with van der Waals surface area (Å²) in [5.74, 6) is 0. The van der Waals surface area contributed by atoms with Crippen LogP contribution in [0.3, 0.4) is 0 Å². The molecule has 9 atom stereocenters. The van der Waals surface area contributed by atoms with Crippen LogP contribution in [-0.2, 0) is 0 Å². The van der Waals surface area contributed by atoms with Crippen molar-refractivity contribution >= 4 is 181 Å². The van der Waals surface area contributed by atoms with Crippen LogP contribution in [0.4, 0.5) is 13.2 Å². The fraction of sp³-hybridized carbons (Fsp3) is 0.667. The van der Waals surface area contributed by atoms with E-state index in [1.165, 1.54) is 0 Å². The van der Waals surface area contributed by atoms with Crippen LogP contribution in [0.25, 0.3) is 0 Å². The maximum atomic E-state index is 16.6. The molecular formula is C18H9BCl15F3. The van der Waals surface area contributed by atoms with Gasteiger partial charge in [0.2, 0.25) is 22.1 Å². The highest BCUT2D eigenvalue weighted by molar-refractivity contribution is 6.94. The normalized spacial score (nSPS) is 52.2. The minimum atomic E-state index is -3.62. The Morgan fingerprint density at radius 3 is 0.811 bits per heavy atom. The molecule has 0 saturated carbocycles. The number of rotatable bonds is 3. The van der Waals surface area contributed by atoms with Crippen LogP contribution in [0.2, 0.25) is 0 Å². The number of alkyl halides is 18. The maximum absolute atomic E-state index is 16.6. The molecule has 0 bridgehead atoms. The first-order valence-electron chi connectivity index (χ1n) is 9.59. The van der Waals surface area contributed by atoms with Gasteiger partial charge in [-0.25, -0.2) is 13.2 Å². The molecule has 0 amide bonds. The lowest BCUT2D eigenvalue weighted by Crippen LogP contribution is -2.83. The van der Waals surface area contributed by atoms with Crippen molar-refractivity contribution in [2.75, 3.05) is 0 Å². The van der Waals surface area contributed by atoms with Crippen LogP contribution in [0, 0.1) is 0 Å². The van der Waals surface area contributed by atoms with Gasteiger partial charge in [-0.1, -0.05) is 141 Å². The Morgan fingerprint density at radius 2 is 0.622 bits per heavy atom. The monoisotopic (exact) mass is 818 g/mol. The Kier molecular flexibility index (Phi) is 9.65. The number of halogens is 18. The number of allylic oxidation sites excluding steroid dienone is 6. The molecule has 0 saturated heterocycles. The summed E-state index contributed by atoms with van der Waals surface area (Å²) in [6, 6.07) is 0. The molecule has 0 radical (unpaired) electrons. The van der Waals surface area contributed by atoms with Crippen molar-refractivity contribution in [2.45, 2.75) is 58.8 Å². The van der Waals surface area contributed by atoms with Gasteiger partial charge in [-0.05, 0) is 0 Å². The molecule has 3 aliphatic rings. The zero-order chi connectivity index (χ0) is 29.1. The molecule has 210 valence electrons. The van der Waals surface area contributed by atoms with Gasteiger partial charge < -0.3 is 0 Å². The first-order valence-corrected chi connectivity index (χ1v) is 15.4. The first kappa shape index (κ1) is 34.9. The molecule has 9 unspecified atom stereocenters.